The molecule has 0 aromatic heterocycles. The summed E-state index contributed by atoms with van der Waals surface area (Å²) in [5.41, 5.74) is 1.66. The molecule has 148 valence electrons. The highest BCUT2D eigenvalue weighted by Gasteiger charge is 2.23. The Kier molecular flexibility index (Phi) is 7.10. The zero-order valence-electron chi connectivity index (χ0n) is 16.3. The third-order valence-corrected chi connectivity index (χ3v) is 5.39. The van der Waals surface area contributed by atoms with Gasteiger partial charge in [-0.3, -0.25) is 4.79 Å². The number of nitrogens with zero attached hydrogens (tertiary/aromatic N) is 2. The van der Waals surface area contributed by atoms with E-state index in [0.29, 0.717) is 12.1 Å². The van der Waals surface area contributed by atoms with Gasteiger partial charge in [-0.25, -0.2) is 4.79 Å². The van der Waals surface area contributed by atoms with Gasteiger partial charge in [0.2, 0.25) is 0 Å². The molecule has 0 aliphatic carbocycles. The van der Waals surface area contributed by atoms with E-state index in [9.17, 15) is 9.59 Å². The quantitative estimate of drug-likeness (QED) is 0.863. The molecule has 2 heterocycles. The van der Waals surface area contributed by atoms with E-state index in [0.717, 1.165) is 64.0 Å². The molecule has 6 heteroatoms. The Balaban J connectivity index is 1.49. The zero-order valence-corrected chi connectivity index (χ0v) is 16.3. The van der Waals surface area contributed by atoms with Gasteiger partial charge in [0.25, 0.3) is 5.91 Å². The molecule has 1 N–H and O–H groups in total. The number of nitrogens with one attached hydrogen (secondary N) is 1. The van der Waals surface area contributed by atoms with E-state index < -0.39 is 0 Å². The number of ether oxygens (including phenoxy) is 1. The van der Waals surface area contributed by atoms with Gasteiger partial charge in [0.1, 0.15) is 0 Å². The first kappa shape index (κ1) is 19.7. The van der Waals surface area contributed by atoms with E-state index in [1.54, 1.807) is 0 Å². The Labute approximate surface area is 161 Å². The van der Waals surface area contributed by atoms with Gasteiger partial charge in [0, 0.05) is 44.9 Å². The maximum absolute atomic E-state index is 12.6. The van der Waals surface area contributed by atoms with Crippen LogP contribution in [-0.2, 0) is 11.3 Å². The van der Waals surface area contributed by atoms with Crippen molar-refractivity contribution < 1.29 is 14.3 Å². The summed E-state index contributed by atoms with van der Waals surface area (Å²) in [5, 5.41) is 2.98. The minimum absolute atomic E-state index is 0.0438. The number of urea groups is 1. The summed E-state index contributed by atoms with van der Waals surface area (Å²) in [6.45, 7) is 6.31. The first-order valence-electron chi connectivity index (χ1n) is 10.2. The van der Waals surface area contributed by atoms with Crippen LogP contribution >= 0.6 is 0 Å². The van der Waals surface area contributed by atoms with Crippen molar-refractivity contribution in [2.24, 2.45) is 0 Å². The molecule has 0 unspecified atom stereocenters. The Bertz CT molecular complexity index is 635. The number of piperidine rings is 2. The molecule has 1 aromatic rings. The molecule has 2 fully saturated rings. The van der Waals surface area contributed by atoms with Gasteiger partial charge in [-0.05, 0) is 56.7 Å². The molecule has 0 spiro atoms. The molecule has 0 radical (unpaired) electrons. The van der Waals surface area contributed by atoms with Crippen molar-refractivity contribution in [1.82, 2.24) is 15.1 Å². The monoisotopic (exact) mass is 373 g/mol. The van der Waals surface area contributed by atoms with Gasteiger partial charge in [0.05, 0.1) is 6.10 Å². The second-order valence-electron chi connectivity index (χ2n) is 7.35. The zero-order chi connectivity index (χ0) is 19.1. The lowest BCUT2D eigenvalue weighted by Crippen LogP contribution is -2.45. The first-order chi connectivity index (χ1) is 13.2. The molecule has 6 nitrogen and oxygen atoms in total. The molecule has 0 bridgehead atoms. The number of likely N-dealkylation sites (tertiary alicyclic amines) is 2. The summed E-state index contributed by atoms with van der Waals surface area (Å²) in [6, 6.07) is 7.57. The molecule has 27 heavy (non-hydrogen) atoms. The van der Waals surface area contributed by atoms with Crippen LogP contribution in [0, 0.1) is 0 Å². The third-order valence-electron chi connectivity index (χ3n) is 5.39. The van der Waals surface area contributed by atoms with Crippen LogP contribution in [-0.4, -0.2) is 60.6 Å². The van der Waals surface area contributed by atoms with Gasteiger partial charge >= 0.3 is 6.03 Å². The summed E-state index contributed by atoms with van der Waals surface area (Å²) in [6.07, 6.45) is 5.43. The SMILES string of the molecule is CCOC1CCN(C(=O)NCc2cccc(C(=O)N3CCCCC3)c2)CC1. The van der Waals surface area contributed by atoms with E-state index in [4.69, 9.17) is 4.74 Å². The van der Waals surface area contributed by atoms with Crippen molar-refractivity contribution in [2.45, 2.75) is 51.7 Å². The van der Waals surface area contributed by atoms with Crippen molar-refractivity contribution in [2.75, 3.05) is 32.8 Å². The molecule has 2 saturated heterocycles. The second-order valence-corrected chi connectivity index (χ2v) is 7.35. The lowest BCUT2D eigenvalue weighted by molar-refractivity contribution is 0.0220. The van der Waals surface area contributed by atoms with Gasteiger partial charge in [0.15, 0.2) is 0 Å². The molecule has 0 atom stereocenters. The molecular formula is C21H31N3O3. The highest BCUT2D eigenvalue weighted by atomic mass is 16.5. The van der Waals surface area contributed by atoms with Crippen LogP contribution in [0.4, 0.5) is 4.79 Å². The Hall–Kier alpha value is -2.08. The maximum Gasteiger partial charge on any atom is 0.317 e. The number of amides is 3. The predicted octanol–water partition coefficient (Wildman–Crippen LogP) is 3.02. The number of benzene rings is 1. The molecule has 2 aliphatic rings. The van der Waals surface area contributed by atoms with Gasteiger partial charge in [-0.15, -0.1) is 0 Å². The van der Waals surface area contributed by atoms with Gasteiger partial charge < -0.3 is 19.9 Å². The van der Waals surface area contributed by atoms with Crippen molar-refractivity contribution in [1.29, 1.82) is 0 Å². The second kappa shape index (κ2) is 9.74. The Morgan fingerprint density at radius 3 is 2.52 bits per heavy atom. The number of hydrogen-bond donors (Lipinski definition) is 1. The van der Waals surface area contributed by atoms with Crippen molar-refractivity contribution >= 4 is 11.9 Å². The fourth-order valence-electron chi connectivity index (χ4n) is 3.84. The topological polar surface area (TPSA) is 61.9 Å². The molecule has 0 saturated carbocycles. The third kappa shape index (κ3) is 5.45. The molecule has 3 amide bonds. The average molecular weight is 373 g/mol. The number of carbonyl (C=O) groups is 2. The van der Waals surface area contributed by atoms with E-state index in [1.165, 1.54) is 6.42 Å². The summed E-state index contributed by atoms with van der Waals surface area (Å²) in [5.74, 6) is 0.0980. The largest absolute Gasteiger partial charge is 0.378 e. The summed E-state index contributed by atoms with van der Waals surface area (Å²) >= 11 is 0. The van der Waals surface area contributed by atoms with Crippen LogP contribution in [0.2, 0.25) is 0 Å². The van der Waals surface area contributed by atoms with Crippen LogP contribution in [0.5, 0.6) is 0 Å². The van der Waals surface area contributed by atoms with Gasteiger partial charge in [-0.1, -0.05) is 12.1 Å². The van der Waals surface area contributed by atoms with E-state index in [-0.39, 0.29) is 18.0 Å². The standard InChI is InChI=1S/C21H31N3O3/c1-2-27-19-9-13-24(14-10-19)21(26)22-16-17-7-6-8-18(15-17)20(25)23-11-4-3-5-12-23/h6-8,15,19H,2-5,9-14,16H2,1H3,(H,22,26). The van der Waals surface area contributed by atoms with Crippen molar-refractivity contribution in [3.8, 4) is 0 Å². The Morgan fingerprint density at radius 1 is 1.07 bits per heavy atom. The number of hydrogen-bond acceptors (Lipinski definition) is 3. The van der Waals surface area contributed by atoms with Crippen molar-refractivity contribution in [3.63, 3.8) is 0 Å². The summed E-state index contributed by atoms with van der Waals surface area (Å²) in [7, 11) is 0. The minimum atomic E-state index is -0.0438. The summed E-state index contributed by atoms with van der Waals surface area (Å²) < 4.78 is 5.63. The fourth-order valence-corrected chi connectivity index (χ4v) is 3.84. The van der Waals surface area contributed by atoms with Crippen LogP contribution in [0.15, 0.2) is 24.3 Å². The smallest absolute Gasteiger partial charge is 0.317 e. The van der Waals surface area contributed by atoms with Crippen LogP contribution in [0.3, 0.4) is 0 Å². The lowest BCUT2D eigenvalue weighted by atomic mass is 10.1. The van der Waals surface area contributed by atoms with E-state index in [2.05, 4.69) is 5.32 Å². The first-order valence-corrected chi connectivity index (χ1v) is 10.2. The van der Waals surface area contributed by atoms with Crippen LogP contribution in [0.25, 0.3) is 0 Å². The molecule has 1 aromatic carbocycles. The maximum atomic E-state index is 12.6. The highest BCUT2D eigenvalue weighted by molar-refractivity contribution is 5.94. The normalized spacial score (nSPS) is 18.4. The minimum Gasteiger partial charge on any atom is -0.378 e. The van der Waals surface area contributed by atoms with Crippen LogP contribution in [0.1, 0.15) is 54.9 Å². The lowest BCUT2D eigenvalue weighted by Gasteiger charge is -2.31. The van der Waals surface area contributed by atoms with Crippen LogP contribution < -0.4 is 5.32 Å². The molecular weight excluding hydrogens is 342 g/mol. The Morgan fingerprint density at radius 2 is 1.81 bits per heavy atom. The van der Waals surface area contributed by atoms with E-state index >= 15 is 0 Å². The predicted molar refractivity (Wildman–Crippen MR) is 105 cm³/mol. The molecule has 3 rings (SSSR count). The van der Waals surface area contributed by atoms with E-state index in [1.807, 2.05) is 41.0 Å². The summed E-state index contributed by atoms with van der Waals surface area (Å²) in [4.78, 5) is 28.8. The van der Waals surface area contributed by atoms with Gasteiger partial charge in [-0.2, -0.15) is 0 Å². The average Bonchev–Trinajstić information content (AvgIpc) is 2.73. The number of carbonyl (C=O) groups excluding carboxylic acids is 2. The number of rotatable bonds is 5. The highest BCUT2D eigenvalue weighted by Crippen LogP contribution is 2.15. The fraction of sp³-hybridized carbons (Fsp3) is 0.619. The van der Waals surface area contributed by atoms with Crippen molar-refractivity contribution in [3.05, 3.63) is 35.4 Å². The molecule has 2 aliphatic heterocycles.